The highest BCUT2D eigenvalue weighted by Crippen LogP contribution is 2.29. The number of rotatable bonds is 6. The first-order chi connectivity index (χ1) is 12.0. The van der Waals surface area contributed by atoms with Gasteiger partial charge in [0.1, 0.15) is 24.5 Å². The fraction of sp³-hybridized carbons (Fsp3) is 0.250. The first kappa shape index (κ1) is 18.3. The number of aryl methyl sites for hydroxylation is 1. The lowest BCUT2D eigenvalue weighted by Crippen LogP contribution is -2.10. The van der Waals surface area contributed by atoms with Crippen LogP contribution in [0.4, 0.5) is 5.69 Å². The fourth-order valence-electron chi connectivity index (χ4n) is 1.94. The maximum Gasteiger partial charge on any atom is 0.360 e. The first-order valence-corrected chi connectivity index (χ1v) is 7.46. The molecular weight excluding hydrogens is 350 g/mol. The van der Waals surface area contributed by atoms with Crippen LogP contribution in [-0.2, 0) is 16.1 Å². The van der Waals surface area contributed by atoms with Gasteiger partial charge in [-0.3, -0.25) is 4.79 Å². The molecule has 0 spiro atoms. The summed E-state index contributed by atoms with van der Waals surface area (Å²) in [7, 11) is 1.24. The maximum absolute atomic E-state index is 11.6. The summed E-state index contributed by atoms with van der Waals surface area (Å²) in [4.78, 5) is 23.0. The molecule has 2 rings (SSSR count). The summed E-state index contributed by atoms with van der Waals surface area (Å²) in [6, 6.07) is 6.39. The molecule has 25 heavy (non-hydrogen) atoms. The number of amides is 1. The minimum Gasteiger partial charge on any atom is -0.487 e. The Morgan fingerprint density at radius 1 is 1.44 bits per heavy atom. The van der Waals surface area contributed by atoms with Crippen molar-refractivity contribution in [2.45, 2.75) is 20.0 Å². The number of hydrogen-bond donors (Lipinski definition) is 1. The smallest absolute Gasteiger partial charge is 0.360 e. The standard InChI is InChI=1S/C16H14ClN3O5/c1-9-11(15(20-25-9)16(22)23-2)8-24-13-4-3-10(7-12(13)17)19-14(21)5-6-18/h3-4,7H,5,8H2,1-2H3,(H,19,21). The summed E-state index contributed by atoms with van der Waals surface area (Å²) in [6.07, 6.45) is -0.251. The zero-order valence-corrected chi connectivity index (χ0v) is 14.2. The van der Waals surface area contributed by atoms with E-state index in [2.05, 4.69) is 15.2 Å². The summed E-state index contributed by atoms with van der Waals surface area (Å²) < 4.78 is 15.2. The number of nitrogens with one attached hydrogen (secondary N) is 1. The van der Waals surface area contributed by atoms with Crippen LogP contribution in [0.5, 0.6) is 5.75 Å². The van der Waals surface area contributed by atoms with E-state index in [1.807, 2.05) is 0 Å². The molecule has 0 aliphatic rings. The Bertz CT molecular complexity index is 841. The number of carbonyl (C=O) groups excluding carboxylic acids is 2. The summed E-state index contributed by atoms with van der Waals surface area (Å²) in [5.74, 6) is -0.291. The van der Waals surface area contributed by atoms with Crippen LogP contribution in [-0.4, -0.2) is 24.1 Å². The highest BCUT2D eigenvalue weighted by atomic mass is 35.5. The van der Waals surface area contributed by atoms with E-state index in [1.165, 1.54) is 13.2 Å². The van der Waals surface area contributed by atoms with Crippen molar-refractivity contribution in [1.82, 2.24) is 5.16 Å². The molecule has 1 aromatic heterocycles. The van der Waals surface area contributed by atoms with Gasteiger partial charge in [0.25, 0.3) is 0 Å². The zero-order valence-electron chi connectivity index (χ0n) is 13.5. The number of ether oxygens (including phenoxy) is 2. The molecule has 8 nitrogen and oxygen atoms in total. The number of benzene rings is 1. The van der Waals surface area contributed by atoms with E-state index in [-0.39, 0.29) is 23.7 Å². The van der Waals surface area contributed by atoms with E-state index in [4.69, 9.17) is 26.1 Å². The molecule has 0 radical (unpaired) electrons. The van der Waals surface area contributed by atoms with E-state index in [9.17, 15) is 9.59 Å². The average Bonchev–Trinajstić information content (AvgIpc) is 2.94. The van der Waals surface area contributed by atoms with Gasteiger partial charge in [-0.1, -0.05) is 16.8 Å². The molecule has 2 aromatic rings. The number of halogens is 1. The van der Waals surface area contributed by atoms with Crippen molar-refractivity contribution in [2.24, 2.45) is 0 Å². The zero-order chi connectivity index (χ0) is 18.4. The molecule has 0 aliphatic carbocycles. The maximum atomic E-state index is 11.6. The molecule has 0 saturated carbocycles. The number of nitrogens with zero attached hydrogens (tertiary/aromatic N) is 2. The van der Waals surface area contributed by atoms with Crippen LogP contribution in [0.25, 0.3) is 0 Å². The molecule has 1 amide bonds. The predicted molar refractivity (Wildman–Crippen MR) is 87.2 cm³/mol. The van der Waals surface area contributed by atoms with Crippen molar-refractivity contribution in [3.63, 3.8) is 0 Å². The number of esters is 1. The van der Waals surface area contributed by atoms with Gasteiger partial charge in [-0.15, -0.1) is 0 Å². The summed E-state index contributed by atoms with van der Waals surface area (Å²) in [6.45, 7) is 1.65. The summed E-state index contributed by atoms with van der Waals surface area (Å²) in [5.41, 5.74) is 0.930. The van der Waals surface area contributed by atoms with E-state index in [1.54, 1.807) is 25.1 Å². The molecular formula is C16H14ClN3O5. The molecule has 1 N–H and O–H groups in total. The molecule has 0 fully saturated rings. The van der Waals surface area contributed by atoms with Crippen molar-refractivity contribution in [2.75, 3.05) is 12.4 Å². The molecule has 0 saturated heterocycles. The van der Waals surface area contributed by atoms with Crippen LogP contribution in [0.1, 0.15) is 28.2 Å². The number of carbonyl (C=O) groups is 2. The lowest BCUT2D eigenvalue weighted by molar-refractivity contribution is -0.115. The monoisotopic (exact) mass is 363 g/mol. The molecule has 1 heterocycles. The Kier molecular flexibility index (Phi) is 5.98. The molecule has 0 bridgehead atoms. The van der Waals surface area contributed by atoms with E-state index in [0.29, 0.717) is 22.8 Å². The largest absolute Gasteiger partial charge is 0.487 e. The van der Waals surface area contributed by atoms with Gasteiger partial charge in [0.15, 0.2) is 5.69 Å². The summed E-state index contributed by atoms with van der Waals surface area (Å²) in [5, 5.41) is 14.9. The van der Waals surface area contributed by atoms with Crippen molar-refractivity contribution >= 4 is 29.2 Å². The van der Waals surface area contributed by atoms with Crippen molar-refractivity contribution in [3.05, 3.63) is 40.2 Å². The fourth-order valence-corrected chi connectivity index (χ4v) is 2.18. The van der Waals surface area contributed by atoms with Crippen LogP contribution in [0, 0.1) is 18.3 Å². The third-order valence-electron chi connectivity index (χ3n) is 3.19. The van der Waals surface area contributed by atoms with Crippen molar-refractivity contribution < 1.29 is 23.6 Å². The Morgan fingerprint density at radius 3 is 2.84 bits per heavy atom. The third kappa shape index (κ3) is 4.49. The molecule has 0 aliphatic heterocycles. The Morgan fingerprint density at radius 2 is 2.20 bits per heavy atom. The molecule has 1 aromatic carbocycles. The van der Waals surface area contributed by atoms with Gasteiger partial charge in [0.05, 0.1) is 23.8 Å². The Labute approximate surface area is 148 Å². The quantitative estimate of drug-likeness (QED) is 0.784. The molecule has 0 atom stereocenters. The molecule has 130 valence electrons. The third-order valence-corrected chi connectivity index (χ3v) is 3.49. The van der Waals surface area contributed by atoms with E-state index in [0.717, 1.165) is 0 Å². The van der Waals surface area contributed by atoms with Gasteiger partial charge in [0, 0.05) is 5.69 Å². The second-order valence-electron chi connectivity index (χ2n) is 4.87. The van der Waals surface area contributed by atoms with Crippen LogP contribution >= 0.6 is 11.6 Å². The van der Waals surface area contributed by atoms with E-state index >= 15 is 0 Å². The number of aromatic nitrogens is 1. The average molecular weight is 364 g/mol. The molecule has 9 heteroatoms. The molecule has 0 unspecified atom stereocenters. The number of methoxy groups -OCH3 is 1. The van der Waals surface area contributed by atoms with Gasteiger partial charge in [-0.25, -0.2) is 4.79 Å². The van der Waals surface area contributed by atoms with Crippen molar-refractivity contribution in [1.29, 1.82) is 5.26 Å². The normalized spacial score (nSPS) is 10.0. The Balaban J connectivity index is 2.10. The predicted octanol–water partition coefficient (Wildman–Crippen LogP) is 2.85. The second-order valence-corrected chi connectivity index (χ2v) is 5.28. The van der Waals surface area contributed by atoms with Crippen LogP contribution in [0.15, 0.2) is 22.7 Å². The minimum absolute atomic E-state index is 0.000372. The number of hydrogen-bond acceptors (Lipinski definition) is 7. The lowest BCUT2D eigenvalue weighted by Gasteiger charge is -2.10. The highest BCUT2D eigenvalue weighted by Gasteiger charge is 2.21. The van der Waals surface area contributed by atoms with Crippen molar-refractivity contribution in [3.8, 4) is 11.8 Å². The first-order valence-electron chi connectivity index (χ1n) is 7.09. The van der Waals surface area contributed by atoms with E-state index < -0.39 is 11.9 Å². The SMILES string of the molecule is COC(=O)c1noc(C)c1COc1ccc(NC(=O)CC#N)cc1Cl. The summed E-state index contributed by atoms with van der Waals surface area (Å²) >= 11 is 6.13. The highest BCUT2D eigenvalue weighted by molar-refractivity contribution is 6.32. The minimum atomic E-state index is -0.628. The number of nitriles is 1. The van der Waals surface area contributed by atoms with Crippen LogP contribution < -0.4 is 10.1 Å². The number of anilines is 1. The Hall–Kier alpha value is -3.05. The van der Waals surface area contributed by atoms with Gasteiger partial charge in [-0.2, -0.15) is 5.26 Å². The lowest BCUT2D eigenvalue weighted by atomic mass is 10.2. The van der Waals surface area contributed by atoms with Gasteiger partial charge in [0.2, 0.25) is 5.91 Å². The van der Waals surface area contributed by atoms with Gasteiger partial charge >= 0.3 is 5.97 Å². The van der Waals surface area contributed by atoms with Crippen LogP contribution in [0.2, 0.25) is 5.02 Å². The van der Waals surface area contributed by atoms with Crippen LogP contribution in [0.3, 0.4) is 0 Å². The van der Waals surface area contributed by atoms with Gasteiger partial charge < -0.3 is 19.3 Å². The topological polar surface area (TPSA) is 114 Å². The second kappa shape index (κ2) is 8.17. The van der Waals surface area contributed by atoms with Gasteiger partial charge in [-0.05, 0) is 25.1 Å².